The van der Waals surface area contributed by atoms with Crippen LogP contribution >= 0.6 is 0 Å². The summed E-state index contributed by atoms with van der Waals surface area (Å²) in [6, 6.07) is 3.63. The number of anilines is 1. The predicted octanol–water partition coefficient (Wildman–Crippen LogP) is 1.03. The molecule has 1 unspecified atom stereocenters. The van der Waals surface area contributed by atoms with Crippen LogP contribution in [-0.4, -0.2) is 68.9 Å². The fourth-order valence-electron chi connectivity index (χ4n) is 2.35. The molecule has 1 fully saturated rings. The van der Waals surface area contributed by atoms with Gasteiger partial charge in [0.2, 0.25) is 0 Å². The molecule has 0 N–H and O–H groups in total. The van der Waals surface area contributed by atoms with Gasteiger partial charge in [-0.25, -0.2) is 9.78 Å². The SMILES string of the molecule is CCOC(=O)c1ccc(N2CCOC(CN(C)C)C2)nc1. The van der Waals surface area contributed by atoms with E-state index in [2.05, 4.69) is 14.8 Å². The van der Waals surface area contributed by atoms with Gasteiger partial charge in [0.1, 0.15) is 5.82 Å². The molecule has 6 nitrogen and oxygen atoms in total. The van der Waals surface area contributed by atoms with Crippen molar-refractivity contribution >= 4 is 11.8 Å². The molecule has 1 aliphatic heterocycles. The van der Waals surface area contributed by atoms with Crippen molar-refractivity contribution in [2.24, 2.45) is 0 Å². The van der Waals surface area contributed by atoms with Crippen molar-refractivity contribution in [3.8, 4) is 0 Å². The minimum absolute atomic E-state index is 0.181. The van der Waals surface area contributed by atoms with Crippen LogP contribution in [0.15, 0.2) is 18.3 Å². The van der Waals surface area contributed by atoms with Gasteiger partial charge in [-0.15, -0.1) is 0 Å². The average molecular weight is 293 g/mol. The van der Waals surface area contributed by atoms with Crippen LogP contribution in [0.25, 0.3) is 0 Å². The second-order valence-corrected chi connectivity index (χ2v) is 5.33. The molecule has 1 saturated heterocycles. The van der Waals surface area contributed by atoms with Crippen molar-refractivity contribution in [1.29, 1.82) is 0 Å². The van der Waals surface area contributed by atoms with Gasteiger partial charge >= 0.3 is 5.97 Å². The van der Waals surface area contributed by atoms with Crippen molar-refractivity contribution in [2.75, 3.05) is 51.8 Å². The van der Waals surface area contributed by atoms with Crippen molar-refractivity contribution in [3.05, 3.63) is 23.9 Å². The number of carbonyl (C=O) groups excluding carboxylic acids is 1. The highest BCUT2D eigenvalue weighted by Gasteiger charge is 2.22. The molecule has 1 aliphatic rings. The van der Waals surface area contributed by atoms with Gasteiger partial charge in [0.15, 0.2) is 0 Å². The Bertz CT molecular complexity index is 462. The molecule has 0 radical (unpaired) electrons. The summed E-state index contributed by atoms with van der Waals surface area (Å²) in [6.45, 7) is 5.37. The first kappa shape index (κ1) is 15.7. The minimum atomic E-state index is -0.330. The maximum Gasteiger partial charge on any atom is 0.339 e. The smallest absolute Gasteiger partial charge is 0.339 e. The Morgan fingerprint density at radius 3 is 2.95 bits per heavy atom. The van der Waals surface area contributed by atoms with E-state index in [1.165, 1.54) is 0 Å². The van der Waals surface area contributed by atoms with Crippen molar-refractivity contribution in [2.45, 2.75) is 13.0 Å². The highest BCUT2D eigenvalue weighted by Crippen LogP contribution is 2.16. The molecule has 1 aromatic heterocycles. The monoisotopic (exact) mass is 293 g/mol. The predicted molar refractivity (Wildman–Crippen MR) is 80.7 cm³/mol. The molecule has 6 heteroatoms. The molecule has 2 heterocycles. The Kier molecular flexibility index (Phi) is 5.52. The Morgan fingerprint density at radius 1 is 1.52 bits per heavy atom. The number of nitrogens with zero attached hydrogens (tertiary/aromatic N) is 3. The third-order valence-electron chi connectivity index (χ3n) is 3.29. The Morgan fingerprint density at radius 2 is 2.33 bits per heavy atom. The summed E-state index contributed by atoms with van der Waals surface area (Å²) in [7, 11) is 4.07. The standard InChI is InChI=1S/C15H23N3O3/c1-4-20-15(19)12-5-6-14(16-9-12)18-7-8-21-13(11-18)10-17(2)3/h5-6,9,13H,4,7-8,10-11H2,1-3H3. The van der Waals surface area contributed by atoms with Crippen LogP contribution in [-0.2, 0) is 9.47 Å². The van der Waals surface area contributed by atoms with Crippen LogP contribution in [0, 0.1) is 0 Å². The quantitative estimate of drug-likeness (QED) is 0.756. The summed E-state index contributed by atoms with van der Waals surface area (Å²) in [6.07, 6.45) is 1.75. The summed E-state index contributed by atoms with van der Waals surface area (Å²) >= 11 is 0. The summed E-state index contributed by atoms with van der Waals surface area (Å²) in [5.41, 5.74) is 0.485. The zero-order valence-corrected chi connectivity index (χ0v) is 12.9. The van der Waals surface area contributed by atoms with Gasteiger partial charge in [0, 0.05) is 25.8 Å². The summed E-state index contributed by atoms with van der Waals surface area (Å²) in [5, 5.41) is 0. The van der Waals surface area contributed by atoms with E-state index >= 15 is 0 Å². The Balaban J connectivity index is 1.99. The van der Waals surface area contributed by atoms with Crippen LogP contribution in [0.4, 0.5) is 5.82 Å². The number of hydrogen-bond acceptors (Lipinski definition) is 6. The van der Waals surface area contributed by atoms with E-state index in [4.69, 9.17) is 9.47 Å². The number of aromatic nitrogens is 1. The van der Waals surface area contributed by atoms with Gasteiger partial charge in [-0.05, 0) is 33.2 Å². The Hall–Kier alpha value is -1.66. The fraction of sp³-hybridized carbons (Fsp3) is 0.600. The molecule has 0 amide bonds. The minimum Gasteiger partial charge on any atom is -0.462 e. The topological polar surface area (TPSA) is 54.9 Å². The van der Waals surface area contributed by atoms with Gasteiger partial charge in [-0.2, -0.15) is 0 Å². The lowest BCUT2D eigenvalue weighted by Crippen LogP contribution is -2.46. The van der Waals surface area contributed by atoms with Crippen LogP contribution in [0.1, 0.15) is 17.3 Å². The number of hydrogen-bond donors (Lipinski definition) is 0. The average Bonchev–Trinajstić information content (AvgIpc) is 2.47. The largest absolute Gasteiger partial charge is 0.462 e. The van der Waals surface area contributed by atoms with E-state index in [1.54, 1.807) is 19.2 Å². The summed E-state index contributed by atoms with van der Waals surface area (Å²) < 4.78 is 10.7. The Labute approximate surface area is 125 Å². The first-order chi connectivity index (χ1) is 10.1. The number of ether oxygens (including phenoxy) is 2. The second-order valence-electron chi connectivity index (χ2n) is 5.33. The maximum atomic E-state index is 11.6. The number of pyridine rings is 1. The fourth-order valence-corrected chi connectivity index (χ4v) is 2.35. The number of likely N-dealkylation sites (N-methyl/N-ethyl adjacent to an activating group) is 1. The van der Waals surface area contributed by atoms with Crippen LogP contribution < -0.4 is 4.90 Å². The molecule has 0 bridgehead atoms. The van der Waals surface area contributed by atoms with Gasteiger partial charge in [0.25, 0.3) is 0 Å². The molecule has 1 aromatic rings. The molecule has 116 valence electrons. The molecule has 0 aromatic carbocycles. The highest BCUT2D eigenvalue weighted by atomic mass is 16.5. The number of carbonyl (C=O) groups is 1. The van der Waals surface area contributed by atoms with Gasteiger partial charge in [0.05, 0.1) is 24.9 Å². The number of morpholine rings is 1. The third kappa shape index (κ3) is 4.41. The van der Waals surface area contributed by atoms with E-state index in [9.17, 15) is 4.79 Å². The normalized spacial score (nSPS) is 18.9. The maximum absolute atomic E-state index is 11.6. The molecule has 1 atom stereocenters. The van der Waals surface area contributed by atoms with Crippen molar-refractivity contribution in [1.82, 2.24) is 9.88 Å². The van der Waals surface area contributed by atoms with Gasteiger partial charge < -0.3 is 19.3 Å². The molecule has 0 saturated carbocycles. The lowest BCUT2D eigenvalue weighted by atomic mass is 10.2. The van der Waals surface area contributed by atoms with E-state index in [0.29, 0.717) is 18.8 Å². The molecule has 0 aliphatic carbocycles. The number of rotatable bonds is 5. The highest BCUT2D eigenvalue weighted by molar-refractivity contribution is 5.89. The molecule has 2 rings (SSSR count). The molecular weight excluding hydrogens is 270 g/mol. The van der Waals surface area contributed by atoms with Crippen molar-refractivity contribution in [3.63, 3.8) is 0 Å². The van der Waals surface area contributed by atoms with Gasteiger partial charge in [-0.3, -0.25) is 0 Å². The summed E-state index contributed by atoms with van der Waals surface area (Å²) in [4.78, 5) is 20.3. The second kappa shape index (κ2) is 7.38. The number of esters is 1. The van der Waals surface area contributed by atoms with E-state index in [0.717, 1.165) is 25.5 Å². The zero-order valence-electron chi connectivity index (χ0n) is 12.9. The van der Waals surface area contributed by atoms with E-state index < -0.39 is 0 Å². The van der Waals surface area contributed by atoms with Crippen LogP contribution in [0.5, 0.6) is 0 Å². The molecule has 0 spiro atoms. The van der Waals surface area contributed by atoms with E-state index in [1.807, 2.05) is 20.2 Å². The first-order valence-corrected chi connectivity index (χ1v) is 7.24. The molecular formula is C15H23N3O3. The van der Waals surface area contributed by atoms with Gasteiger partial charge in [-0.1, -0.05) is 0 Å². The zero-order chi connectivity index (χ0) is 15.2. The van der Waals surface area contributed by atoms with Crippen LogP contribution in [0.2, 0.25) is 0 Å². The lowest BCUT2D eigenvalue weighted by Gasteiger charge is -2.34. The first-order valence-electron chi connectivity index (χ1n) is 7.24. The lowest BCUT2D eigenvalue weighted by molar-refractivity contribution is 0.0245. The van der Waals surface area contributed by atoms with E-state index in [-0.39, 0.29) is 12.1 Å². The summed E-state index contributed by atoms with van der Waals surface area (Å²) in [5.74, 6) is 0.541. The van der Waals surface area contributed by atoms with Crippen molar-refractivity contribution < 1.29 is 14.3 Å². The van der Waals surface area contributed by atoms with Crippen LogP contribution in [0.3, 0.4) is 0 Å². The molecule has 21 heavy (non-hydrogen) atoms. The third-order valence-corrected chi connectivity index (χ3v) is 3.29.